The van der Waals surface area contributed by atoms with E-state index in [2.05, 4.69) is 5.10 Å². The van der Waals surface area contributed by atoms with Crippen molar-refractivity contribution in [3.05, 3.63) is 87.0 Å². The van der Waals surface area contributed by atoms with E-state index in [-0.39, 0.29) is 10.5 Å². The summed E-state index contributed by atoms with van der Waals surface area (Å²) >= 11 is 5.76. The van der Waals surface area contributed by atoms with E-state index in [4.69, 9.17) is 35.9 Å². The van der Waals surface area contributed by atoms with Gasteiger partial charge in [0.1, 0.15) is 18.4 Å². The molecule has 1 aromatic heterocycles. The second-order valence-corrected chi connectivity index (χ2v) is 10.3. The van der Waals surface area contributed by atoms with E-state index >= 15 is 0 Å². The van der Waals surface area contributed by atoms with Crippen LogP contribution in [0.25, 0.3) is 17.8 Å². The number of ether oxygens (including phenoxy) is 5. The van der Waals surface area contributed by atoms with Crippen LogP contribution in [0.2, 0.25) is 0 Å². The zero-order valence-corrected chi connectivity index (χ0v) is 25.7. The van der Waals surface area contributed by atoms with Crippen molar-refractivity contribution < 1.29 is 42.9 Å². The summed E-state index contributed by atoms with van der Waals surface area (Å²) in [5, 5.41) is 4.50. The highest BCUT2D eigenvalue weighted by atomic mass is 32.1. The summed E-state index contributed by atoms with van der Waals surface area (Å²) in [6.07, 6.45) is -3.86. The molecule has 0 saturated carbocycles. The lowest BCUT2D eigenvalue weighted by atomic mass is 9.97. The van der Waals surface area contributed by atoms with Gasteiger partial charge >= 0.3 is 23.9 Å². The molecule has 1 aliphatic rings. The molecule has 236 valence electrons. The number of hydrogen-bond acceptors (Lipinski definition) is 12. The van der Waals surface area contributed by atoms with Crippen LogP contribution in [0.5, 0.6) is 0 Å². The third kappa shape index (κ3) is 8.16. The van der Waals surface area contributed by atoms with Gasteiger partial charge in [0.05, 0.1) is 5.69 Å². The van der Waals surface area contributed by atoms with Crippen LogP contribution >= 0.6 is 12.2 Å². The summed E-state index contributed by atoms with van der Waals surface area (Å²) < 4.78 is 30.2. The number of aromatic nitrogens is 3. The maximum Gasteiger partial charge on any atom is 0.303 e. The van der Waals surface area contributed by atoms with Crippen LogP contribution in [-0.4, -0.2) is 69.2 Å². The Morgan fingerprint density at radius 2 is 1.36 bits per heavy atom. The molecule has 2 heterocycles. The number of carbonyl (C=O) groups is 4. The van der Waals surface area contributed by atoms with Crippen LogP contribution in [0.4, 0.5) is 0 Å². The topological polar surface area (TPSA) is 154 Å². The Labute approximate surface area is 262 Å². The molecule has 3 aromatic rings. The van der Waals surface area contributed by atoms with Crippen LogP contribution < -0.4 is 5.56 Å². The average molecular weight is 638 g/mol. The molecule has 45 heavy (non-hydrogen) atoms. The zero-order chi connectivity index (χ0) is 32.7. The van der Waals surface area contributed by atoms with E-state index in [1.807, 2.05) is 30.3 Å². The molecule has 1 aliphatic heterocycles. The molecule has 0 N–H and O–H groups in total. The van der Waals surface area contributed by atoms with Crippen LogP contribution in [0.3, 0.4) is 0 Å². The summed E-state index contributed by atoms with van der Waals surface area (Å²) in [7, 11) is 0. The third-order valence-electron chi connectivity index (χ3n) is 6.48. The molecule has 0 amide bonds. The predicted molar refractivity (Wildman–Crippen MR) is 161 cm³/mol. The van der Waals surface area contributed by atoms with Gasteiger partial charge < -0.3 is 23.7 Å². The molecule has 1 fully saturated rings. The number of carbonyl (C=O) groups excluding carboxylic acids is 4. The molecule has 0 spiro atoms. The molecule has 0 aliphatic carbocycles. The van der Waals surface area contributed by atoms with E-state index in [1.54, 1.807) is 36.4 Å². The van der Waals surface area contributed by atoms with Crippen molar-refractivity contribution in [3.8, 4) is 5.69 Å². The Bertz CT molecular complexity index is 1700. The summed E-state index contributed by atoms with van der Waals surface area (Å²) in [6, 6.07) is 17.7. The molecule has 14 heteroatoms. The first-order chi connectivity index (χ1) is 21.5. The fraction of sp³-hybridized carbons (Fsp3) is 0.323. The van der Waals surface area contributed by atoms with Gasteiger partial charge in [-0.1, -0.05) is 54.6 Å². The maximum absolute atomic E-state index is 13.8. The second kappa shape index (κ2) is 14.7. The largest absolute Gasteiger partial charge is 0.463 e. The van der Waals surface area contributed by atoms with Gasteiger partial charge in [-0.25, -0.2) is 4.68 Å². The fourth-order valence-electron chi connectivity index (χ4n) is 4.72. The Hall–Kier alpha value is -4.95. The van der Waals surface area contributed by atoms with Crippen molar-refractivity contribution in [3.63, 3.8) is 0 Å². The summed E-state index contributed by atoms with van der Waals surface area (Å²) in [5.41, 5.74) is 0.569. The Balaban J connectivity index is 1.97. The van der Waals surface area contributed by atoms with Crippen LogP contribution in [0.15, 0.2) is 65.5 Å². The Morgan fingerprint density at radius 3 is 1.93 bits per heavy atom. The van der Waals surface area contributed by atoms with E-state index in [9.17, 15) is 24.0 Å². The van der Waals surface area contributed by atoms with Gasteiger partial charge in [-0.2, -0.15) is 5.10 Å². The highest BCUT2D eigenvalue weighted by Crippen LogP contribution is 2.34. The van der Waals surface area contributed by atoms with Gasteiger partial charge in [-0.15, -0.1) is 0 Å². The first kappa shape index (κ1) is 33.0. The Morgan fingerprint density at radius 1 is 0.800 bits per heavy atom. The number of benzene rings is 2. The minimum Gasteiger partial charge on any atom is -0.463 e. The molecular formula is C31H31N3O10S. The van der Waals surface area contributed by atoms with Crippen LogP contribution in [0, 0.1) is 4.77 Å². The smallest absolute Gasteiger partial charge is 0.303 e. The van der Waals surface area contributed by atoms with Crippen molar-refractivity contribution in [2.45, 2.75) is 58.3 Å². The van der Waals surface area contributed by atoms with Crippen molar-refractivity contribution in [1.29, 1.82) is 0 Å². The van der Waals surface area contributed by atoms with Crippen LogP contribution in [-0.2, 0) is 42.9 Å². The van der Waals surface area contributed by atoms with E-state index in [0.29, 0.717) is 5.69 Å². The van der Waals surface area contributed by atoms with Crippen molar-refractivity contribution in [2.75, 3.05) is 6.61 Å². The summed E-state index contributed by atoms with van der Waals surface area (Å²) in [4.78, 5) is 62.3. The minimum atomic E-state index is -1.49. The van der Waals surface area contributed by atoms with Crippen molar-refractivity contribution >= 4 is 48.2 Å². The van der Waals surface area contributed by atoms with E-state index < -0.39 is 66.7 Å². The number of nitrogens with zero attached hydrogens (tertiary/aromatic N) is 3. The SMILES string of the molecule is CC(=O)OC[C@H]1O[C@@H](n2nc(/C=C\c3ccccc3)c(=O)n(-c3ccccc3)c2=S)[C@@H](OC(C)=O)[C@@H](OC(C)=O)[C@H]1OC(C)=O. The number of para-hydroxylation sites is 1. The van der Waals surface area contributed by atoms with E-state index in [0.717, 1.165) is 31.0 Å². The molecular weight excluding hydrogens is 606 g/mol. The predicted octanol–water partition coefficient (Wildman–Crippen LogP) is 3.19. The first-order valence-electron chi connectivity index (χ1n) is 13.8. The monoisotopic (exact) mass is 637 g/mol. The number of rotatable bonds is 9. The standard InChI is InChI=1S/C31H31N3O10S/c1-18(35)40-17-25-26(41-19(2)36)27(42-20(3)37)28(43-21(4)38)30(44-25)34-31(45)33(23-13-9-6-10-14-23)29(39)24(32-34)16-15-22-11-7-5-8-12-22/h5-16,25-28,30H,17H2,1-4H3/b16-15-/t25-,26+,27+,28+,30-/m1/s1. The first-order valence-corrected chi connectivity index (χ1v) is 14.2. The minimum absolute atomic E-state index is 0.0656. The van der Waals surface area contributed by atoms with Gasteiger partial charge in [0, 0.05) is 27.7 Å². The summed E-state index contributed by atoms with van der Waals surface area (Å²) in [6.45, 7) is 4.09. The van der Waals surface area contributed by atoms with Gasteiger partial charge in [-0.05, 0) is 36.0 Å². The van der Waals surface area contributed by atoms with Gasteiger partial charge in [0.25, 0.3) is 5.56 Å². The lowest BCUT2D eigenvalue weighted by Gasteiger charge is -2.44. The molecule has 13 nitrogen and oxygen atoms in total. The highest BCUT2D eigenvalue weighted by Gasteiger charge is 2.53. The summed E-state index contributed by atoms with van der Waals surface area (Å²) in [5.74, 6) is -3.02. The van der Waals surface area contributed by atoms with Gasteiger partial charge in [-0.3, -0.25) is 28.5 Å². The van der Waals surface area contributed by atoms with E-state index in [1.165, 1.54) is 17.6 Å². The van der Waals surface area contributed by atoms with Crippen LogP contribution in [0.1, 0.15) is 45.2 Å². The third-order valence-corrected chi connectivity index (χ3v) is 6.85. The zero-order valence-electron chi connectivity index (χ0n) is 24.9. The van der Waals surface area contributed by atoms with Crippen molar-refractivity contribution in [1.82, 2.24) is 14.3 Å². The number of hydrogen-bond donors (Lipinski definition) is 0. The molecule has 0 bridgehead atoms. The maximum atomic E-state index is 13.8. The molecule has 1 saturated heterocycles. The molecule has 2 aromatic carbocycles. The fourth-order valence-corrected chi connectivity index (χ4v) is 5.06. The second-order valence-electron chi connectivity index (χ2n) is 9.92. The Kier molecular flexibility index (Phi) is 10.8. The molecule has 4 rings (SSSR count). The van der Waals surface area contributed by atoms with Gasteiger partial charge in [0.2, 0.25) is 4.77 Å². The number of esters is 4. The average Bonchev–Trinajstić information content (AvgIpc) is 2.98. The molecule has 0 unspecified atom stereocenters. The quantitative estimate of drug-likeness (QED) is 0.192. The lowest BCUT2D eigenvalue weighted by Crippen LogP contribution is -2.61. The molecule has 0 radical (unpaired) electrons. The molecule has 5 atom stereocenters. The normalized spacial score (nSPS) is 21.1. The lowest BCUT2D eigenvalue weighted by molar-refractivity contribution is -0.271. The van der Waals surface area contributed by atoms with Gasteiger partial charge in [0.15, 0.2) is 24.5 Å². The van der Waals surface area contributed by atoms with Crippen molar-refractivity contribution in [2.24, 2.45) is 0 Å². The highest BCUT2D eigenvalue weighted by molar-refractivity contribution is 7.71.